The zero-order valence-corrected chi connectivity index (χ0v) is 13.3. The van der Waals surface area contributed by atoms with Crippen LogP contribution in [0, 0.1) is 22.2 Å². The van der Waals surface area contributed by atoms with Crippen molar-refractivity contribution in [2.24, 2.45) is 22.2 Å². The molecule has 4 aliphatic rings. The second-order valence-electron chi connectivity index (χ2n) is 8.44. The highest BCUT2D eigenvalue weighted by Crippen LogP contribution is 2.69. The second-order valence-corrected chi connectivity index (χ2v) is 9.42. The van der Waals surface area contributed by atoms with Crippen LogP contribution in [-0.4, -0.2) is 10.8 Å². The molecule has 0 saturated heterocycles. The van der Waals surface area contributed by atoms with Crippen LogP contribution in [0.15, 0.2) is 11.6 Å². The Kier molecular flexibility index (Phi) is 2.56. The Morgan fingerprint density at radius 3 is 2.50 bits per heavy atom. The lowest BCUT2D eigenvalue weighted by molar-refractivity contribution is -0.167. The molecule has 2 atom stereocenters. The maximum Gasteiger partial charge on any atom is 0.145 e. The third-order valence-corrected chi connectivity index (χ3v) is 6.79. The quantitative estimate of drug-likeness (QED) is 0.832. The molecule has 5 rings (SSSR count). The number of carbonyl (C=O) groups excluding carboxylic acids is 1. The Bertz CT molecular complexity index is 531. The fourth-order valence-corrected chi connectivity index (χ4v) is 7.04. The van der Waals surface area contributed by atoms with E-state index in [1.54, 1.807) is 11.3 Å². The van der Waals surface area contributed by atoms with Crippen molar-refractivity contribution < 1.29 is 4.79 Å². The largest absolute Gasteiger partial charge is 0.299 e. The Hall–Kier alpha value is -0.700. The molecule has 0 aliphatic heterocycles. The van der Waals surface area contributed by atoms with Crippen LogP contribution in [0.5, 0.6) is 0 Å². The molecule has 1 heterocycles. The van der Waals surface area contributed by atoms with E-state index in [4.69, 9.17) is 0 Å². The van der Waals surface area contributed by atoms with E-state index in [0.717, 1.165) is 30.2 Å². The van der Waals surface area contributed by atoms with Crippen LogP contribution in [0.4, 0.5) is 0 Å². The third-order valence-electron chi connectivity index (χ3n) is 6.01. The van der Waals surface area contributed by atoms with Gasteiger partial charge in [-0.05, 0) is 55.3 Å². The van der Waals surface area contributed by atoms with E-state index in [1.807, 2.05) is 11.6 Å². The van der Waals surface area contributed by atoms with Crippen molar-refractivity contribution in [3.05, 3.63) is 16.6 Å². The monoisotopic (exact) mass is 289 g/mol. The molecule has 4 aliphatic carbocycles. The zero-order valence-electron chi connectivity index (χ0n) is 12.4. The molecule has 0 amide bonds. The number of aromatic nitrogens is 1. The topological polar surface area (TPSA) is 30.0 Å². The van der Waals surface area contributed by atoms with Gasteiger partial charge >= 0.3 is 0 Å². The second kappa shape index (κ2) is 3.94. The molecule has 1 aromatic heterocycles. The highest BCUT2D eigenvalue weighted by molar-refractivity contribution is 7.09. The third kappa shape index (κ3) is 1.89. The van der Waals surface area contributed by atoms with E-state index < -0.39 is 0 Å². The number of carbonyl (C=O) groups is 1. The number of ketones is 1. The molecule has 2 unspecified atom stereocenters. The number of hydrogen-bond donors (Lipinski definition) is 0. The van der Waals surface area contributed by atoms with E-state index in [1.165, 1.54) is 19.3 Å². The number of rotatable bonds is 3. The lowest BCUT2D eigenvalue weighted by atomic mass is 9.39. The minimum absolute atomic E-state index is 0.0193. The molecule has 0 spiro atoms. The summed E-state index contributed by atoms with van der Waals surface area (Å²) in [6.07, 6.45) is 9.85. The number of hydrogen-bond acceptors (Lipinski definition) is 3. The molecule has 4 bridgehead atoms. The van der Waals surface area contributed by atoms with Crippen LogP contribution >= 0.6 is 11.3 Å². The van der Waals surface area contributed by atoms with Crippen molar-refractivity contribution in [2.45, 2.75) is 58.8 Å². The maximum atomic E-state index is 13.0. The van der Waals surface area contributed by atoms with Crippen molar-refractivity contribution in [1.82, 2.24) is 4.98 Å². The highest BCUT2D eigenvalue weighted by Gasteiger charge is 2.62. The first-order chi connectivity index (χ1) is 9.41. The van der Waals surface area contributed by atoms with Gasteiger partial charge in [-0.3, -0.25) is 4.79 Å². The lowest BCUT2D eigenvalue weighted by Gasteiger charge is -2.64. The van der Waals surface area contributed by atoms with Crippen LogP contribution in [0.2, 0.25) is 0 Å². The lowest BCUT2D eigenvalue weighted by Crippen LogP contribution is -2.57. The summed E-state index contributed by atoms with van der Waals surface area (Å²) in [6, 6.07) is 0. The molecular formula is C17H23NOS. The summed E-state index contributed by atoms with van der Waals surface area (Å²) in [5, 5.41) is 2.98. The Labute approximate surface area is 125 Å². The van der Waals surface area contributed by atoms with E-state index in [-0.39, 0.29) is 5.41 Å². The number of Topliss-reactive ketones (excluding diaryl/α,β-unsaturated/α-hetero) is 1. The van der Waals surface area contributed by atoms with Gasteiger partial charge < -0.3 is 0 Å². The van der Waals surface area contributed by atoms with Gasteiger partial charge in [0.05, 0.1) is 11.4 Å². The smallest absolute Gasteiger partial charge is 0.145 e. The summed E-state index contributed by atoms with van der Waals surface area (Å²) in [4.78, 5) is 17.3. The average Bonchev–Trinajstić information content (AvgIpc) is 2.76. The van der Waals surface area contributed by atoms with Crippen molar-refractivity contribution in [2.75, 3.05) is 0 Å². The van der Waals surface area contributed by atoms with Gasteiger partial charge in [0.1, 0.15) is 5.78 Å². The molecular weight excluding hydrogens is 266 g/mol. The van der Waals surface area contributed by atoms with Gasteiger partial charge in [-0.2, -0.15) is 0 Å². The molecule has 2 nitrogen and oxygen atoms in total. The Morgan fingerprint density at radius 1 is 1.25 bits per heavy atom. The van der Waals surface area contributed by atoms with E-state index >= 15 is 0 Å². The van der Waals surface area contributed by atoms with Crippen molar-refractivity contribution in [3.63, 3.8) is 0 Å². The van der Waals surface area contributed by atoms with Gasteiger partial charge in [-0.15, -0.1) is 11.3 Å². The summed E-state index contributed by atoms with van der Waals surface area (Å²) < 4.78 is 0. The molecule has 108 valence electrons. The minimum atomic E-state index is -0.0193. The number of nitrogens with zero attached hydrogens (tertiary/aromatic N) is 1. The molecule has 4 fully saturated rings. The first kappa shape index (κ1) is 13.0. The molecule has 0 radical (unpaired) electrons. The SMILES string of the molecule is CC12CC3CC(C)(C1)CC(C(=O)Cc1nccs1)(C3)C2. The van der Waals surface area contributed by atoms with Gasteiger partial charge in [-0.1, -0.05) is 13.8 Å². The fourth-order valence-electron chi connectivity index (χ4n) is 6.42. The average molecular weight is 289 g/mol. The van der Waals surface area contributed by atoms with Gasteiger partial charge in [0, 0.05) is 17.0 Å². The van der Waals surface area contributed by atoms with Crippen LogP contribution in [0.1, 0.15) is 57.4 Å². The summed E-state index contributed by atoms with van der Waals surface area (Å²) in [5.41, 5.74) is 0.827. The van der Waals surface area contributed by atoms with Gasteiger partial charge in [0.2, 0.25) is 0 Å². The first-order valence-electron chi connectivity index (χ1n) is 7.82. The van der Waals surface area contributed by atoms with Gasteiger partial charge in [-0.25, -0.2) is 4.98 Å². The van der Waals surface area contributed by atoms with E-state index in [0.29, 0.717) is 23.0 Å². The van der Waals surface area contributed by atoms with Gasteiger partial charge in [0.15, 0.2) is 0 Å². The highest BCUT2D eigenvalue weighted by atomic mass is 32.1. The van der Waals surface area contributed by atoms with Crippen LogP contribution in [0.25, 0.3) is 0 Å². The summed E-state index contributed by atoms with van der Waals surface area (Å²) >= 11 is 1.62. The standard InChI is InChI=1S/C17H23NOS/c1-15-6-12-7-16(2,9-15)11-17(8-12,10-15)13(19)5-14-18-3-4-20-14/h3-4,12H,5-11H2,1-2H3. The van der Waals surface area contributed by atoms with Crippen molar-refractivity contribution >= 4 is 17.1 Å². The van der Waals surface area contributed by atoms with Crippen molar-refractivity contribution in [3.8, 4) is 0 Å². The molecule has 1 aromatic rings. The van der Waals surface area contributed by atoms with Crippen LogP contribution < -0.4 is 0 Å². The van der Waals surface area contributed by atoms with Crippen LogP contribution in [-0.2, 0) is 11.2 Å². The summed E-state index contributed by atoms with van der Waals surface area (Å²) in [7, 11) is 0. The molecule has 3 heteroatoms. The molecule has 20 heavy (non-hydrogen) atoms. The van der Waals surface area contributed by atoms with Crippen LogP contribution in [0.3, 0.4) is 0 Å². The summed E-state index contributed by atoms with van der Waals surface area (Å²) in [5.74, 6) is 1.27. The predicted octanol–water partition coefficient (Wildman–Crippen LogP) is 4.25. The Morgan fingerprint density at radius 2 is 1.95 bits per heavy atom. The van der Waals surface area contributed by atoms with E-state index in [9.17, 15) is 4.79 Å². The Balaban J connectivity index is 1.65. The molecule has 0 N–H and O–H groups in total. The maximum absolute atomic E-state index is 13.0. The number of thiazole rings is 1. The predicted molar refractivity (Wildman–Crippen MR) is 80.7 cm³/mol. The zero-order chi connectivity index (χ0) is 14.0. The molecule has 0 aromatic carbocycles. The van der Waals surface area contributed by atoms with Gasteiger partial charge in [0.25, 0.3) is 0 Å². The van der Waals surface area contributed by atoms with E-state index in [2.05, 4.69) is 18.8 Å². The first-order valence-corrected chi connectivity index (χ1v) is 8.70. The van der Waals surface area contributed by atoms with Crippen molar-refractivity contribution in [1.29, 1.82) is 0 Å². The minimum Gasteiger partial charge on any atom is -0.299 e. The normalized spacial score (nSPS) is 45.8. The molecule has 4 saturated carbocycles. The summed E-state index contributed by atoms with van der Waals surface area (Å²) in [6.45, 7) is 4.86. The fraction of sp³-hybridized carbons (Fsp3) is 0.765.